The van der Waals surface area contributed by atoms with E-state index in [0.29, 0.717) is 11.7 Å². The maximum absolute atomic E-state index is 11.1. The van der Waals surface area contributed by atoms with Crippen molar-refractivity contribution in [1.29, 1.82) is 0 Å². The number of carboxylic acid groups (broad SMARTS) is 1. The minimum atomic E-state index is -0.959. The van der Waals surface area contributed by atoms with Crippen LogP contribution in [0.5, 0.6) is 0 Å². The van der Waals surface area contributed by atoms with Gasteiger partial charge < -0.3 is 10.8 Å². The Balaban J connectivity index is 2.14. The van der Waals surface area contributed by atoms with Gasteiger partial charge in [0.2, 0.25) is 0 Å². The van der Waals surface area contributed by atoms with Crippen LogP contribution in [0, 0.1) is 5.92 Å². The molecule has 2 atom stereocenters. The highest BCUT2D eigenvalue weighted by Crippen LogP contribution is 2.45. The largest absolute Gasteiger partial charge is 0.480 e. The van der Waals surface area contributed by atoms with E-state index in [1.165, 1.54) is 16.7 Å². The van der Waals surface area contributed by atoms with Gasteiger partial charge in [0.25, 0.3) is 0 Å². The normalized spacial score (nSPS) is 31.9. The Kier molecular flexibility index (Phi) is 2.30. The van der Waals surface area contributed by atoms with E-state index < -0.39 is 18.0 Å². The number of nitrogens with two attached hydrogens (primary N) is 1. The molecule has 1 aliphatic heterocycles. The molecule has 0 aromatic rings. The molecule has 0 bridgehead atoms. The molecule has 78 valence electrons. The molecule has 6 heteroatoms. The van der Waals surface area contributed by atoms with Crippen molar-refractivity contribution < 1.29 is 14.7 Å². The Hall–Kier alpha value is -0.910. The van der Waals surface area contributed by atoms with E-state index in [4.69, 9.17) is 10.8 Å². The fourth-order valence-electron chi connectivity index (χ4n) is 1.74. The van der Waals surface area contributed by atoms with Crippen LogP contribution in [0.2, 0.25) is 0 Å². The summed E-state index contributed by atoms with van der Waals surface area (Å²) < 4.78 is 0. The number of carbonyl (C=O) groups excluding carboxylic acids is 1. The van der Waals surface area contributed by atoms with Gasteiger partial charge >= 0.3 is 12.0 Å². The monoisotopic (exact) mass is 216 g/mol. The zero-order chi connectivity index (χ0) is 10.3. The highest BCUT2D eigenvalue weighted by atomic mass is 32.2. The summed E-state index contributed by atoms with van der Waals surface area (Å²) in [5.41, 5.74) is 5.19. The summed E-state index contributed by atoms with van der Waals surface area (Å²) in [6, 6.07) is -1.34. The van der Waals surface area contributed by atoms with Crippen LogP contribution in [0.25, 0.3) is 0 Å². The molecule has 2 rings (SSSR count). The number of primary amides is 1. The standard InChI is InChI=1S/C8H12N2O3S/c9-8(13)10-5(7(11)12)3-14-6(10)4-1-2-4/h4-6H,1-3H2,(H2,9,13)(H,11,12). The lowest BCUT2D eigenvalue weighted by molar-refractivity contribution is -0.141. The van der Waals surface area contributed by atoms with E-state index >= 15 is 0 Å². The molecule has 0 aromatic heterocycles. The molecule has 1 aliphatic carbocycles. The number of aliphatic carboxylic acids is 1. The maximum Gasteiger partial charge on any atom is 0.327 e. The first kappa shape index (κ1) is 9.64. The molecule has 2 fully saturated rings. The van der Waals surface area contributed by atoms with E-state index in [0.717, 1.165) is 12.8 Å². The van der Waals surface area contributed by atoms with Gasteiger partial charge in [0.15, 0.2) is 0 Å². The summed E-state index contributed by atoms with van der Waals surface area (Å²) in [5, 5.41) is 8.88. The van der Waals surface area contributed by atoms with E-state index in [9.17, 15) is 9.59 Å². The first-order chi connectivity index (χ1) is 6.61. The fourth-order valence-corrected chi connectivity index (χ4v) is 3.38. The zero-order valence-corrected chi connectivity index (χ0v) is 8.37. The van der Waals surface area contributed by atoms with Crippen LogP contribution in [0.15, 0.2) is 0 Å². The fraction of sp³-hybridized carbons (Fsp3) is 0.750. The third kappa shape index (κ3) is 1.54. The SMILES string of the molecule is NC(=O)N1C(C(=O)O)CSC1C1CC1. The van der Waals surface area contributed by atoms with Crippen LogP contribution in [0.4, 0.5) is 4.79 Å². The molecule has 2 amide bonds. The molecule has 2 unspecified atom stereocenters. The van der Waals surface area contributed by atoms with Crippen LogP contribution in [-0.2, 0) is 4.79 Å². The lowest BCUT2D eigenvalue weighted by Crippen LogP contribution is -2.48. The summed E-state index contributed by atoms with van der Waals surface area (Å²) in [6.45, 7) is 0. The Morgan fingerprint density at radius 2 is 2.07 bits per heavy atom. The van der Waals surface area contributed by atoms with Gasteiger partial charge in [-0.1, -0.05) is 0 Å². The quantitative estimate of drug-likeness (QED) is 0.695. The average molecular weight is 216 g/mol. The lowest BCUT2D eigenvalue weighted by Gasteiger charge is -2.24. The molecule has 1 saturated heterocycles. The van der Waals surface area contributed by atoms with Gasteiger partial charge in [0, 0.05) is 5.75 Å². The first-order valence-corrected chi connectivity index (χ1v) is 5.58. The van der Waals surface area contributed by atoms with Gasteiger partial charge in [0.05, 0.1) is 5.37 Å². The summed E-state index contributed by atoms with van der Waals surface area (Å²) in [4.78, 5) is 23.3. The van der Waals surface area contributed by atoms with Gasteiger partial charge in [-0.05, 0) is 18.8 Å². The topological polar surface area (TPSA) is 83.6 Å². The molecular weight excluding hydrogens is 204 g/mol. The van der Waals surface area contributed by atoms with Gasteiger partial charge in [0.1, 0.15) is 6.04 Å². The van der Waals surface area contributed by atoms with Crippen molar-refractivity contribution in [2.45, 2.75) is 24.3 Å². The number of hydrogen-bond donors (Lipinski definition) is 2. The van der Waals surface area contributed by atoms with E-state index in [1.54, 1.807) is 0 Å². The number of thioether (sulfide) groups is 1. The van der Waals surface area contributed by atoms with Crippen molar-refractivity contribution >= 4 is 23.8 Å². The second kappa shape index (κ2) is 3.34. The van der Waals surface area contributed by atoms with Gasteiger partial charge in [-0.25, -0.2) is 9.59 Å². The molecule has 0 aromatic carbocycles. The zero-order valence-electron chi connectivity index (χ0n) is 7.55. The van der Waals surface area contributed by atoms with Crippen molar-refractivity contribution in [3.63, 3.8) is 0 Å². The smallest absolute Gasteiger partial charge is 0.327 e. The Morgan fingerprint density at radius 1 is 1.43 bits per heavy atom. The molecule has 3 N–H and O–H groups in total. The maximum atomic E-state index is 11.1. The van der Waals surface area contributed by atoms with Crippen molar-refractivity contribution in [2.75, 3.05) is 5.75 Å². The van der Waals surface area contributed by atoms with Crippen molar-refractivity contribution in [1.82, 2.24) is 4.90 Å². The number of rotatable bonds is 2. The number of urea groups is 1. The molecule has 1 saturated carbocycles. The van der Waals surface area contributed by atoms with E-state index in [2.05, 4.69) is 0 Å². The van der Waals surface area contributed by atoms with Crippen LogP contribution >= 0.6 is 11.8 Å². The number of carbonyl (C=O) groups is 2. The molecule has 1 heterocycles. The van der Waals surface area contributed by atoms with E-state index in [-0.39, 0.29) is 5.37 Å². The summed E-state index contributed by atoms with van der Waals surface area (Å²) in [6.07, 6.45) is 2.15. The molecular formula is C8H12N2O3S. The summed E-state index contributed by atoms with van der Waals surface area (Å²) in [5.74, 6) is -0.0456. The Bertz CT molecular complexity index is 280. The Morgan fingerprint density at radius 3 is 2.50 bits per heavy atom. The average Bonchev–Trinajstić information content (AvgIpc) is 2.83. The third-order valence-corrected chi connectivity index (χ3v) is 4.06. The van der Waals surface area contributed by atoms with Crippen molar-refractivity contribution in [3.05, 3.63) is 0 Å². The molecule has 2 aliphatic rings. The predicted molar refractivity (Wildman–Crippen MR) is 51.8 cm³/mol. The van der Waals surface area contributed by atoms with Crippen molar-refractivity contribution in [3.8, 4) is 0 Å². The van der Waals surface area contributed by atoms with Gasteiger partial charge in [-0.2, -0.15) is 0 Å². The first-order valence-electron chi connectivity index (χ1n) is 4.53. The van der Waals surface area contributed by atoms with Crippen LogP contribution < -0.4 is 5.73 Å². The Labute approximate surface area is 85.6 Å². The predicted octanol–water partition coefficient (Wildman–Crippen LogP) is 0.303. The summed E-state index contributed by atoms with van der Waals surface area (Å²) in [7, 11) is 0. The highest BCUT2D eigenvalue weighted by molar-refractivity contribution is 8.00. The van der Waals surface area contributed by atoms with Crippen molar-refractivity contribution in [2.24, 2.45) is 11.7 Å². The van der Waals surface area contributed by atoms with Gasteiger partial charge in [-0.15, -0.1) is 11.8 Å². The molecule has 5 nitrogen and oxygen atoms in total. The molecule has 14 heavy (non-hydrogen) atoms. The van der Waals surface area contributed by atoms with Crippen LogP contribution in [-0.4, -0.2) is 39.2 Å². The highest BCUT2D eigenvalue weighted by Gasteiger charge is 2.47. The minimum absolute atomic E-state index is 0.00593. The van der Waals surface area contributed by atoms with E-state index in [1.807, 2.05) is 0 Å². The number of carboxylic acids is 1. The second-order valence-electron chi connectivity index (χ2n) is 3.66. The second-order valence-corrected chi connectivity index (χ2v) is 4.81. The molecule has 0 spiro atoms. The minimum Gasteiger partial charge on any atom is -0.480 e. The summed E-state index contributed by atoms with van der Waals surface area (Å²) >= 11 is 1.53. The lowest BCUT2D eigenvalue weighted by atomic mass is 10.2. The van der Waals surface area contributed by atoms with Crippen LogP contribution in [0.3, 0.4) is 0 Å². The number of amides is 2. The van der Waals surface area contributed by atoms with Gasteiger partial charge in [-0.3, -0.25) is 4.90 Å². The number of nitrogens with zero attached hydrogens (tertiary/aromatic N) is 1. The van der Waals surface area contributed by atoms with Crippen LogP contribution in [0.1, 0.15) is 12.8 Å². The number of hydrogen-bond acceptors (Lipinski definition) is 3. The molecule has 0 radical (unpaired) electrons. The third-order valence-electron chi connectivity index (χ3n) is 2.60.